The number of nitrogens with zero attached hydrogens (tertiary/aromatic N) is 1. The van der Waals surface area contributed by atoms with Crippen LogP contribution in [0.4, 0.5) is 5.69 Å². The molecule has 1 saturated carbocycles. The Bertz CT molecular complexity index is 406. The van der Waals surface area contributed by atoms with Crippen LogP contribution in [0.15, 0.2) is 24.3 Å². The zero-order valence-electron chi connectivity index (χ0n) is 12.8. The fourth-order valence-corrected chi connectivity index (χ4v) is 3.63. The van der Waals surface area contributed by atoms with Gasteiger partial charge in [0.25, 0.3) is 0 Å². The molecule has 110 valence electrons. The van der Waals surface area contributed by atoms with E-state index < -0.39 is 0 Å². The van der Waals surface area contributed by atoms with E-state index >= 15 is 0 Å². The Morgan fingerprint density at radius 1 is 1.05 bits per heavy atom. The molecule has 1 aliphatic carbocycles. The van der Waals surface area contributed by atoms with Gasteiger partial charge in [-0.05, 0) is 62.1 Å². The van der Waals surface area contributed by atoms with Crippen molar-refractivity contribution in [1.82, 2.24) is 5.32 Å². The van der Waals surface area contributed by atoms with Crippen molar-refractivity contribution in [2.24, 2.45) is 5.92 Å². The van der Waals surface area contributed by atoms with Crippen LogP contribution < -0.4 is 10.2 Å². The highest BCUT2D eigenvalue weighted by atomic mass is 15.1. The molecule has 1 heterocycles. The average Bonchev–Trinajstić information content (AvgIpc) is 2.92. The number of piperidine rings is 1. The van der Waals surface area contributed by atoms with Gasteiger partial charge in [-0.25, -0.2) is 0 Å². The van der Waals surface area contributed by atoms with Crippen LogP contribution in [0, 0.1) is 5.92 Å². The SMILES string of the molecule is CC1CCC(NCc2ccc(N3CCCCC3)cc2)C1. The maximum Gasteiger partial charge on any atom is 0.0366 e. The maximum atomic E-state index is 3.71. The molecule has 1 saturated heterocycles. The summed E-state index contributed by atoms with van der Waals surface area (Å²) in [7, 11) is 0. The lowest BCUT2D eigenvalue weighted by Gasteiger charge is -2.28. The first-order chi connectivity index (χ1) is 9.81. The number of benzene rings is 1. The summed E-state index contributed by atoms with van der Waals surface area (Å²) in [6.07, 6.45) is 8.20. The molecule has 2 unspecified atom stereocenters. The van der Waals surface area contributed by atoms with E-state index in [4.69, 9.17) is 0 Å². The minimum Gasteiger partial charge on any atom is -0.372 e. The number of hydrogen-bond donors (Lipinski definition) is 1. The first kappa shape index (κ1) is 13.9. The fourth-order valence-electron chi connectivity index (χ4n) is 3.63. The third-order valence-corrected chi connectivity index (χ3v) is 4.95. The number of hydrogen-bond acceptors (Lipinski definition) is 2. The van der Waals surface area contributed by atoms with Gasteiger partial charge in [0, 0.05) is 31.4 Å². The van der Waals surface area contributed by atoms with Gasteiger partial charge in [0.15, 0.2) is 0 Å². The Morgan fingerprint density at radius 3 is 2.45 bits per heavy atom. The van der Waals surface area contributed by atoms with Crippen LogP contribution in [0.5, 0.6) is 0 Å². The summed E-state index contributed by atoms with van der Waals surface area (Å²) < 4.78 is 0. The second-order valence-electron chi connectivity index (χ2n) is 6.71. The van der Waals surface area contributed by atoms with E-state index in [0.29, 0.717) is 0 Å². The van der Waals surface area contributed by atoms with E-state index in [1.54, 1.807) is 0 Å². The molecule has 1 aliphatic heterocycles. The predicted molar refractivity (Wildman–Crippen MR) is 86.1 cm³/mol. The van der Waals surface area contributed by atoms with Crippen LogP contribution >= 0.6 is 0 Å². The van der Waals surface area contributed by atoms with Gasteiger partial charge in [0.05, 0.1) is 0 Å². The summed E-state index contributed by atoms with van der Waals surface area (Å²) in [5.74, 6) is 0.911. The Balaban J connectivity index is 1.50. The normalized spacial score (nSPS) is 26.9. The molecule has 1 aromatic carbocycles. The van der Waals surface area contributed by atoms with Gasteiger partial charge in [-0.1, -0.05) is 19.1 Å². The highest BCUT2D eigenvalue weighted by molar-refractivity contribution is 5.47. The smallest absolute Gasteiger partial charge is 0.0366 e. The lowest BCUT2D eigenvalue weighted by molar-refractivity contribution is 0.502. The Hall–Kier alpha value is -1.02. The van der Waals surface area contributed by atoms with E-state index in [1.165, 1.54) is 62.9 Å². The summed E-state index contributed by atoms with van der Waals surface area (Å²) in [5.41, 5.74) is 2.83. The summed E-state index contributed by atoms with van der Waals surface area (Å²) in [4.78, 5) is 2.53. The third-order valence-electron chi connectivity index (χ3n) is 4.95. The minimum absolute atomic E-state index is 0.742. The molecule has 1 aromatic rings. The molecule has 2 atom stereocenters. The minimum atomic E-state index is 0.742. The quantitative estimate of drug-likeness (QED) is 0.892. The Morgan fingerprint density at radius 2 is 1.80 bits per heavy atom. The van der Waals surface area contributed by atoms with Crippen molar-refractivity contribution in [2.75, 3.05) is 18.0 Å². The van der Waals surface area contributed by atoms with E-state index in [1.807, 2.05) is 0 Å². The van der Waals surface area contributed by atoms with Crippen molar-refractivity contribution >= 4 is 5.69 Å². The van der Waals surface area contributed by atoms with Crippen molar-refractivity contribution in [2.45, 2.75) is 58.0 Å². The van der Waals surface area contributed by atoms with Crippen molar-refractivity contribution in [3.05, 3.63) is 29.8 Å². The molecule has 1 N–H and O–H groups in total. The van der Waals surface area contributed by atoms with Gasteiger partial charge in [-0.15, -0.1) is 0 Å². The highest BCUT2D eigenvalue weighted by Gasteiger charge is 2.20. The van der Waals surface area contributed by atoms with Crippen LogP contribution in [0.1, 0.15) is 51.0 Å². The molecule has 20 heavy (non-hydrogen) atoms. The second-order valence-corrected chi connectivity index (χ2v) is 6.71. The molecule has 2 aliphatic rings. The summed E-state index contributed by atoms with van der Waals surface area (Å²) in [5, 5.41) is 3.71. The molecule has 0 aromatic heterocycles. The molecule has 0 radical (unpaired) electrons. The fraction of sp³-hybridized carbons (Fsp3) is 0.667. The first-order valence-corrected chi connectivity index (χ1v) is 8.38. The molecule has 0 spiro atoms. The van der Waals surface area contributed by atoms with Crippen molar-refractivity contribution < 1.29 is 0 Å². The van der Waals surface area contributed by atoms with E-state index in [0.717, 1.165) is 18.5 Å². The van der Waals surface area contributed by atoms with Crippen molar-refractivity contribution in [3.8, 4) is 0 Å². The van der Waals surface area contributed by atoms with Gasteiger partial charge < -0.3 is 10.2 Å². The molecular weight excluding hydrogens is 244 g/mol. The first-order valence-electron chi connectivity index (χ1n) is 8.38. The molecule has 2 fully saturated rings. The van der Waals surface area contributed by atoms with Gasteiger partial charge in [0.1, 0.15) is 0 Å². The Kier molecular flexibility index (Phi) is 4.62. The number of nitrogens with one attached hydrogen (secondary N) is 1. The zero-order chi connectivity index (χ0) is 13.8. The van der Waals surface area contributed by atoms with Crippen LogP contribution in [0.2, 0.25) is 0 Å². The lowest BCUT2D eigenvalue weighted by atomic mass is 10.1. The molecule has 2 heteroatoms. The van der Waals surface area contributed by atoms with Crippen molar-refractivity contribution in [3.63, 3.8) is 0 Å². The van der Waals surface area contributed by atoms with Crippen LogP contribution in [-0.4, -0.2) is 19.1 Å². The molecule has 0 amide bonds. The summed E-state index contributed by atoms with van der Waals surface area (Å²) in [6, 6.07) is 9.95. The molecule has 2 nitrogen and oxygen atoms in total. The Labute approximate surface area is 123 Å². The molecule has 3 rings (SSSR count). The lowest BCUT2D eigenvalue weighted by Crippen LogP contribution is -2.29. The third kappa shape index (κ3) is 3.54. The standard InChI is InChI=1S/C18H28N2/c1-15-5-8-17(13-15)19-14-16-6-9-18(10-7-16)20-11-3-2-4-12-20/h6-7,9-10,15,17,19H,2-5,8,11-14H2,1H3. The largest absolute Gasteiger partial charge is 0.372 e. The number of anilines is 1. The monoisotopic (exact) mass is 272 g/mol. The maximum absolute atomic E-state index is 3.71. The molecule has 0 bridgehead atoms. The van der Waals surface area contributed by atoms with Crippen LogP contribution in [0.3, 0.4) is 0 Å². The summed E-state index contributed by atoms with van der Waals surface area (Å²) >= 11 is 0. The van der Waals surface area contributed by atoms with Gasteiger partial charge >= 0.3 is 0 Å². The summed E-state index contributed by atoms with van der Waals surface area (Å²) in [6.45, 7) is 5.86. The molecular formula is C18H28N2. The van der Waals surface area contributed by atoms with E-state index in [2.05, 4.69) is 41.4 Å². The van der Waals surface area contributed by atoms with Crippen LogP contribution in [-0.2, 0) is 6.54 Å². The van der Waals surface area contributed by atoms with E-state index in [-0.39, 0.29) is 0 Å². The van der Waals surface area contributed by atoms with Crippen LogP contribution in [0.25, 0.3) is 0 Å². The zero-order valence-corrected chi connectivity index (χ0v) is 12.8. The van der Waals surface area contributed by atoms with Crippen molar-refractivity contribution in [1.29, 1.82) is 0 Å². The topological polar surface area (TPSA) is 15.3 Å². The van der Waals surface area contributed by atoms with E-state index in [9.17, 15) is 0 Å². The van der Waals surface area contributed by atoms with Gasteiger partial charge in [0.2, 0.25) is 0 Å². The highest BCUT2D eigenvalue weighted by Crippen LogP contribution is 2.25. The van der Waals surface area contributed by atoms with Gasteiger partial charge in [-0.3, -0.25) is 0 Å². The number of rotatable bonds is 4. The average molecular weight is 272 g/mol. The van der Waals surface area contributed by atoms with Gasteiger partial charge in [-0.2, -0.15) is 0 Å². The second kappa shape index (κ2) is 6.62. The predicted octanol–water partition coefficient (Wildman–Crippen LogP) is 3.96.